The van der Waals surface area contributed by atoms with Crippen molar-refractivity contribution in [3.63, 3.8) is 0 Å². The van der Waals surface area contributed by atoms with Gasteiger partial charge in [-0.1, -0.05) is 6.07 Å². The lowest BCUT2D eigenvalue weighted by Crippen LogP contribution is -2.38. The highest BCUT2D eigenvalue weighted by atomic mass is 127. The quantitative estimate of drug-likeness (QED) is 0.353. The number of ether oxygens (including phenoxy) is 3. The molecule has 1 aromatic carbocycles. The monoisotopic (exact) mass is 463 g/mol. The van der Waals surface area contributed by atoms with Crippen molar-refractivity contribution in [1.82, 2.24) is 10.6 Å². The first-order valence-electron chi connectivity index (χ1n) is 8.61. The van der Waals surface area contributed by atoms with E-state index < -0.39 is 0 Å². The molecule has 2 N–H and O–H groups in total. The van der Waals surface area contributed by atoms with Crippen LogP contribution < -0.4 is 20.1 Å². The molecule has 0 saturated carbocycles. The Kier molecular flexibility index (Phi) is 10.6. The standard InChI is InChI=1S/C18H29N3O3.HI/c1-4-19-18(21-13-15-6-5-11-24-15)20-10-9-14-7-8-16(22-2)17(12-14)23-3;/h7-8,12,15H,4-6,9-11,13H2,1-3H3,(H2,19,20,21);1H. The number of rotatable bonds is 8. The molecule has 7 heteroatoms. The maximum absolute atomic E-state index is 5.61. The van der Waals surface area contributed by atoms with Crippen LogP contribution in [0.1, 0.15) is 25.3 Å². The second kappa shape index (κ2) is 12.2. The molecule has 25 heavy (non-hydrogen) atoms. The van der Waals surface area contributed by atoms with Gasteiger partial charge in [0.25, 0.3) is 0 Å². The van der Waals surface area contributed by atoms with Crippen LogP contribution >= 0.6 is 24.0 Å². The minimum atomic E-state index is 0. The average Bonchev–Trinajstić information content (AvgIpc) is 3.13. The van der Waals surface area contributed by atoms with Crippen LogP contribution in [0.15, 0.2) is 23.2 Å². The van der Waals surface area contributed by atoms with Crippen LogP contribution in [-0.4, -0.2) is 52.5 Å². The zero-order valence-electron chi connectivity index (χ0n) is 15.3. The van der Waals surface area contributed by atoms with E-state index in [1.807, 2.05) is 12.1 Å². The van der Waals surface area contributed by atoms with E-state index in [-0.39, 0.29) is 30.1 Å². The third kappa shape index (κ3) is 7.27. The van der Waals surface area contributed by atoms with Crippen molar-refractivity contribution in [3.8, 4) is 11.5 Å². The van der Waals surface area contributed by atoms with Gasteiger partial charge in [0, 0.05) is 19.7 Å². The zero-order valence-corrected chi connectivity index (χ0v) is 17.7. The van der Waals surface area contributed by atoms with Crippen molar-refractivity contribution >= 4 is 29.9 Å². The molecule has 1 aliphatic heterocycles. The summed E-state index contributed by atoms with van der Waals surface area (Å²) in [5.74, 6) is 2.35. The molecule has 1 fully saturated rings. The first kappa shape index (κ1) is 21.8. The summed E-state index contributed by atoms with van der Waals surface area (Å²) in [6, 6.07) is 6.00. The van der Waals surface area contributed by atoms with Gasteiger partial charge < -0.3 is 24.8 Å². The molecule has 1 aliphatic rings. The molecule has 0 bridgehead atoms. The molecule has 1 saturated heterocycles. The summed E-state index contributed by atoms with van der Waals surface area (Å²) >= 11 is 0. The van der Waals surface area contributed by atoms with E-state index in [0.717, 1.165) is 56.4 Å². The van der Waals surface area contributed by atoms with Crippen LogP contribution in [0.2, 0.25) is 0 Å². The molecule has 1 unspecified atom stereocenters. The Morgan fingerprint density at radius 1 is 1.24 bits per heavy atom. The van der Waals surface area contributed by atoms with Crippen molar-refractivity contribution in [2.45, 2.75) is 32.3 Å². The molecule has 0 aromatic heterocycles. The van der Waals surface area contributed by atoms with Crippen LogP contribution in [0.4, 0.5) is 0 Å². The maximum atomic E-state index is 5.61. The fourth-order valence-electron chi connectivity index (χ4n) is 2.68. The van der Waals surface area contributed by atoms with Crippen LogP contribution in [0, 0.1) is 0 Å². The van der Waals surface area contributed by atoms with E-state index in [0.29, 0.717) is 6.54 Å². The second-order valence-corrected chi connectivity index (χ2v) is 5.72. The van der Waals surface area contributed by atoms with Crippen LogP contribution in [0.3, 0.4) is 0 Å². The molecular formula is C18H30IN3O3. The van der Waals surface area contributed by atoms with E-state index in [4.69, 9.17) is 14.2 Å². The maximum Gasteiger partial charge on any atom is 0.191 e. The number of halogens is 1. The SMILES string of the molecule is CCNC(=NCC1CCCO1)NCCc1ccc(OC)c(OC)c1.I. The number of benzene rings is 1. The largest absolute Gasteiger partial charge is 0.493 e. The van der Waals surface area contributed by atoms with E-state index in [2.05, 4.69) is 28.6 Å². The topological polar surface area (TPSA) is 64.1 Å². The lowest BCUT2D eigenvalue weighted by atomic mass is 10.1. The smallest absolute Gasteiger partial charge is 0.191 e. The predicted octanol–water partition coefficient (Wildman–Crippen LogP) is 2.60. The molecule has 142 valence electrons. The minimum absolute atomic E-state index is 0. The van der Waals surface area contributed by atoms with Crippen molar-refractivity contribution in [2.24, 2.45) is 4.99 Å². The number of hydrogen-bond donors (Lipinski definition) is 2. The summed E-state index contributed by atoms with van der Waals surface area (Å²) in [5, 5.41) is 6.64. The van der Waals surface area contributed by atoms with Gasteiger partial charge in [0.05, 0.1) is 26.9 Å². The fraction of sp³-hybridized carbons (Fsp3) is 0.611. The van der Waals surface area contributed by atoms with E-state index in [1.54, 1.807) is 14.2 Å². The Bertz CT molecular complexity index is 534. The first-order chi connectivity index (χ1) is 11.8. The van der Waals surface area contributed by atoms with Crippen LogP contribution in [0.5, 0.6) is 11.5 Å². The number of aliphatic imine (C=N–C) groups is 1. The molecule has 2 rings (SSSR count). The molecule has 1 heterocycles. The molecule has 1 aromatic rings. The second-order valence-electron chi connectivity index (χ2n) is 5.72. The Labute approximate surface area is 167 Å². The Morgan fingerprint density at radius 3 is 2.68 bits per heavy atom. The van der Waals surface area contributed by atoms with Gasteiger partial charge in [-0.25, -0.2) is 0 Å². The third-order valence-corrected chi connectivity index (χ3v) is 3.98. The average molecular weight is 463 g/mol. The molecule has 0 amide bonds. The summed E-state index contributed by atoms with van der Waals surface area (Å²) in [6.45, 7) is 5.29. The van der Waals surface area contributed by atoms with Gasteiger partial charge in [0.15, 0.2) is 17.5 Å². The predicted molar refractivity (Wildman–Crippen MR) is 112 cm³/mol. The fourth-order valence-corrected chi connectivity index (χ4v) is 2.68. The van der Waals surface area contributed by atoms with E-state index in [9.17, 15) is 0 Å². The summed E-state index contributed by atoms with van der Waals surface area (Å²) in [5.41, 5.74) is 1.19. The highest BCUT2D eigenvalue weighted by Gasteiger charge is 2.14. The molecule has 0 aliphatic carbocycles. The summed E-state index contributed by atoms with van der Waals surface area (Å²) in [4.78, 5) is 4.61. The summed E-state index contributed by atoms with van der Waals surface area (Å²) in [7, 11) is 3.30. The Morgan fingerprint density at radius 2 is 2.04 bits per heavy atom. The van der Waals surface area contributed by atoms with Gasteiger partial charge in [0.2, 0.25) is 0 Å². The number of guanidine groups is 1. The van der Waals surface area contributed by atoms with E-state index in [1.165, 1.54) is 5.56 Å². The lowest BCUT2D eigenvalue weighted by Gasteiger charge is -2.13. The van der Waals surface area contributed by atoms with Gasteiger partial charge in [-0.3, -0.25) is 4.99 Å². The number of nitrogens with zero attached hydrogens (tertiary/aromatic N) is 1. The van der Waals surface area contributed by atoms with Crippen molar-refractivity contribution in [1.29, 1.82) is 0 Å². The summed E-state index contributed by atoms with van der Waals surface area (Å²) < 4.78 is 16.2. The van der Waals surface area contributed by atoms with Crippen molar-refractivity contribution in [2.75, 3.05) is 40.5 Å². The lowest BCUT2D eigenvalue weighted by molar-refractivity contribution is 0.117. The molecule has 6 nitrogen and oxygen atoms in total. The highest BCUT2D eigenvalue weighted by Crippen LogP contribution is 2.27. The Balaban J connectivity index is 0.00000312. The summed E-state index contributed by atoms with van der Waals surface area (Å²) in [6.07, 6.45) is 3.40. The van der Waals surface area contributed by atoms with E-state index >= 15 is 0 Å². The minimum Gasteiger partial charge on any atom is -0.493 e. The molecule has 1 atom stereocenters. The molecular weight excluding hydrogens is 433 g/mol. The first-order valence-corrected chi connectivity index (χ1v) is 8.61. The number of nitrogens with one attached hydrogen (secondary N) is 2. The molecule has 0 radical (unpaired) electrons. The third-order valence-electron chi connectivity index (χ3n) is 3.98. The Hall–Kier alpha value is -1.22. The van der Waals surface area contributed by atoms with Crippen LogP contribution in [0.25, 0.3) is 0 Å². The zero-order chi connectivity index (χ0) is 17.2. The highest BCUT2D eigenvalue weighted by molar-refractivity contribution is 14.0. The molecule has 0 spiro atoms. The van der Waals surface area contributed by atoms with Crippen LogP contribution in [-0.2, 0) is 11.2 Å². The number of hydrogen-bond acceptors (Lipinski definition) is 4. The number of methoxy groups -OCH3 is 2. The van der Waals surface area contributed by atoms with Crippen molar-refractivity contribution < 1.29 is 14.2 Å². The normalized spacial score (nSPS) is 16.9. The van der Waals surface area contributed by atoms with Gasteiger partial charge in [-0.05, 0) is 43.9 Å². The van der Waals surface area contributed by atoms with Gasteiger partial charge in [-0.2, -0.15) is 0 Å². The van der Waals surface area contributed by atoms with Gasteiger partial charge in [-0.15, -0.1) is 24.0 Å². The van der Waals surface area contributed by atoms with Gasteiger partial charge >= 0.3 is 0 Å². The van der Waals surface area contributed by atoms with Gasteiger partial charge in [0.1, 0.15) is 0 Å². The van der Waals surface area contributed by atoms with Crippen molar-refractivity contribution in [3.05, 3.63) is 23.8 Å².